The number of carboxylic acid groups (broad SMARTS) is 1. The van der Waals surface area contributed by atoms with Crippen molar-refractivity contribution < 1.29 is 28.8 Å². The molecule has 31 heavy (non-hydrogen) atoms. The Morgan fingerprint density at radius 1 is 1.10 bits per heavy atom. The number of likely N-dealkylation sites (tertiary alicyclic amines) is 1. The van der Waals surface area contributed by atoms with Crippen LogP contribution < -0.4 is 18.9 Å². The van der Waals surface area contributed by atoms with Crippen molar-refractivity contribution >= 4 is 5.97 Å². The van der Waals surface area contributed by atoms with E-state index in [1.807, 2.05) is 43.3 Å². The topological polar surface area (TPSA) is 77.5 Å². The predicted octanol–water partition coefficient (Wildman–Crippen LogP) is 4.00. The fourth-order valence-corrected chi connectivity index (χ4v) is 4.29. The number of nitrogens with zero attached hydrogens (tertiary/aromatic N) is 1. The number of benzene rings is 2. The van der Waals surface area contributed by atoms with Crippen LogP contribution >= 0.6 is 0 Å². The van der Waals surface area contributed by atoms with Crippen LogP contribution in [0, 0.1) is 5.92 Å². The van der Waals surface area contributed by atoms with Crippen LogP contribution in [0.3, 0.4) is 0 Å². The van der Waals surface area contributed by atoms with Gasteiger partial charge in [-0.1, -0.05) is 18.2 Å². The molecule has 0 saturated carbocycles. The molecule has 1 heterocycles. The SMILES string of the molecule is CCOc1cc(C(c2cccc(OC)c2OC)N2CCCC(C(=O)O)C2)ccc1OC. The van der Waals surface area contributed by atoms with Gasteiger partial charge in [0.2, 0.25) is 0 Å². The van der Waals surface area contributed by atoms with Crippen LogP contribution in [0.15, 0.2) is 36.4 Å². The monoisotopic (exact) mass is 429 g/mol. The van der Waals surface area contributed by atoms with Gasteiger partial charge in [-0.15, -0.1) is 0 Å². The van der Waals surface area contributed by atoms with Gasteiger partial charge in [0.05, 0.1) is 39.9 Å². The Bertz CT molecular complexity index is 900. The fourth-order valence-electron chi connectivity index (χ4n) is 4.29. The van der Waals surface area contributed by atoms with Crippen LogP contribution in [0.4, 0.5) is 0 Å². The minimum Gasteiger partial charge on any atom is -0.493 e. The van der Waals surface area contributed by atoms with E-state index in [1.54, 1.807) is 21.3 Å². The number of carboxylic acids is 1. The third kappa shape index (κ3) is 4.88. The van der Waals surface area contributed by atoms with Gasteiger partial charge < -0.3 is 24.1 Å². The lowest BCUT2D eigenvalue weighted by atomic mass is 9.90. The van der Waals surface area contributed by atoms with E-state index in [1.165, 1.54) is 0 Å². The molecule has 0 radical (unpaired) electrons. The zero-order valence-corrected chi connectivity index (χ0v) is 18.6. The van der Waals surface area contributed by atoms with Crippen LogP contribution in [0.25, 0.3) is 0 Å². The Morgan fingerprint density at radius 3 is 2.52 bits per heavy atom. The second kappa shape index (κ2) is 10.4. The summed E-state index contributed by atoms with van der Waals surface area (Å²) in [6.07, 6.45) is 1.49. The van der Waals surface area contributed by atoms with Crippen LogP contribution in [-0.2, 0) is 4.79 Å². The van der Waals surface area contributed by atoms with Gasteiger partial charge in [-0.2, -0.15) is 0 Å². The molecule has 0 amide bonds. The van der Waals surface area contributed by atoms with Gasteiger partial charge in [0.15, 0.2) is 23.0 Å². The average molecular weight is 430 g/mol. The lowest BCUT2D eigenvalue weighted by molar-refractivity contribution is -0.143. The summed E-state index contributed by atoms with van der Waals surface area (Å²) in [6.45, 7) is 3.68. The molecule has 3 rings (SSSR count). The number of carbonyl (C=O) groups is 1. The van der Waals surface area contributed by atoms with Crippen molar-refractivity contribution in [2.75, 3.05) is 41.0 Å². The molecule has 2 aromatic rings. The van der Waals surface area contributed by atoms with Crippen LogP contribution in [0.5, 0.6) is 23.0 Å². The highest BCUT2D eigenvalue weighted by Crippen LogP contribution is 2.43. The molecule has 1 saturated heterocycles. The van der Waals surface area contributed by atoms with Gasteiger partial charge in [-0.05, 0) is 50.1 Å². The lowest BCUT2D eigenvalue weighted by Crippen LogP contribution is -2.41. The molecule has 7 heteroatoms. The molecule has 1 fully saturated rings. The van der Waals surface area contributed by atoms with Crippen molar-refractivity contribution in [3.63, 3.8) is 0 Å². The van der Waals surface area contributed by atoms with Crippen molar-refractivity contribution in [1.82, 2.24) is 4.90 Å². The Kier molecular flexibility index (Phi) is 7.63. The second-order valence-electron chi connectivity index (χ2n) is 7.50. The quantitative estimate of drug-likeness (QED) is 0.646. The summed E-state index contributed by atoms with van der Waals surface area (Å²) in [4.78, 5) is 13.9. The van der Waals surface area contributed by atoms with Gasteiger partial charge in [-0.3, -0.25) is 9.69 Å². The first-order valence-electron chi connectivity index (χ1n) is 10.5. The molecule has 7 nitrogen and oxygen atoms in total. The molecule has 2 atom stereocenters. The molecule has 0 bridgehead atoms. The van der Waals surface area contributed by atoms with Crippen molar-refractivity contribution in [2.45, 2.75) is 25.8 Å². The smallest absolute Gasteiger partial charge is 0.307 e. The number of aliphatic carboxylic acids is 1. The fraction of sp³-hybridized carbons (Fsp3) is 0.458. The number of hydrogen-bond acceptors (Lipinski definition) is 6. The number of hydrogen-bond donors (Lipinski definition) is 1. The molecule has 1 aliphatic heterocycles. The highest BCUT2D eigenvalue weighted by atomic mass is 16.5. The van der Waals surface area contributed by atoms with Crippen LogP contribution in [0.2, 0.25) is 0 Å². The van der Waals surface area contributed by atoms with Crippen molar-refractivity contribution in [3.05, 3.63) is 47.5 Å². The summed E-state index contributed by atoms with van der Waals surface area (Å²) in [6, 6.07) is 11.4. The first-order valence-corrected chi connectivity index (χ1v) is 10.5. The molecule has 1 aliphatic rings. The van der Waals surface area contributed by atoms with Crippen molar-refractivity contribution in [3.8, 4) is 23.0 Å². The van der Waals surface area contributed by atoms with E-state index in [9.17, 15) is 9.90 Å². The van der Waals surface area contributed by atoms with E-state index in [0.29, 0.717) is 42.6 Å². The third-order valence-corrected chi connectivity index (χ3v) is 5.70. The summed E-state index contributed by atoms with van der Waals surface area (Å²) in [5.74, 6) is 1.42. The maximum Gasteiger partial charge on any atom is 0.307 e. The Hall–Kier alpha value is -2.93. The van der Waals surface area contributed by atoms with E-state index < -0.39 is 11.9 Å². The summed E-state index contributed by atoms with van der Waals surface area (Å²) in [5.41, 5.74) is 1.89. The zero-order valence-electron chi connectivity index (χ0n) is 18.6. The highest BCUT2D eigenvalue weighted by Gasteiger charge is 2.33. The number of para-hydroxylation sites is 1. The highest BCUT2D eigenvalue weighted by molar-refractivity contribution is 5.70. The van der Waals surface area contributed by atoms with E-state index in [-0.39, 0.29) is 6.04 Å². The average Bonchev–Trinajstić information content (AvgIpc) is 2.79. The Morgan fingerprint density at radius 2 is 1.87 bits per heavy atom. The normalized spacial score (nSPS) is 17.6. The van der Waals surface area contributed by atoms with Crippen molar-refractivity contribution in [1.29, 1.82) is 0 Å². The number of piperidine rings is 1. The standard InChI is InChI=1S/C24H31NO6/c1-5-31-21-14-16(11-12-19(21)28-2)22(25-13-7-8-17(15-25)24(26)27)18-9-6-10-20(29-3)23(18)30-4/h6,9-12,14,17,22H,5,7-8,13,15H2,1-4H3,(H,26,27). The minimum atomic E-state index is -0.759. The Labute approximate surface area is 183 Å². The van der Waals surface area contributed by atoms with E-state index in [4.69, 9.17) is 18.9 Å². The van der Waals surface area contributed by atoms with E-state index >= 15 is 0 Å². The van der Waals surface area contributed by atoms with Gasteiger partial charge in [0, 0.05) is 12.1 Å². The first kappa shape index (κ1) is 22.7. The first-order chi connectivity index (χ1) is 15.0. The van der Waals surface area contributed by atoms with Gasteiger partial charge in [0.25, 0.3) is 0 Å². The molecule has 0 aromatic heterocycles. The molecule has 1 N–H and O–H groups in total. The molecular formula is C24H31NO6. The van der Waals surface area contributed by atoms with Gasteiger partial charge in [0.1, 0.15) is 0 Å². The summed E-state index contributed by atoms with van der Waals surface area (Å²) in [7, 11) is 4.84. The lowest BCUT2D eigenvalue weighted by Gasteiger charge is -2.38. The van der Waals surface area contributed by atoms with Crippen LogP contribution in [-0.4, -0.2) is 57.0 Å². The summed E-state index contributed by atoms with van der Waals surface area (Å²) >= 11 is 0. The molecule has 168 valence electrons. The summed E-state index contributed by atoms with van der Waals surface area (Å²) < 4.78 is 22.5. The molecule has 0 spiro atoms. The Balaban J connectivity index is 2.14. The molecular weight excluding hydrogens is 398 g/mol. The van der Waals surface area contributed by atoms with Crippen molar-refractivity contribution in [2.24, 2.45) is 5.92 Å². The second-order valence-corrected chi connectivity index (χ2v) is 7.50. The predicted molar refractivity (Wildman–Crippen MR) is 117 cm³/mol. The maximum atomic E-state index is 11.7. The molecule has 2 aromatic carbocycles. The van der Waals surface area contributed by atoms with Crippen LogP contribution in [0.1, 0.15) is 36.9 Å². The third-order valence-electron chi connectivity index (χ3n) is 5.70. The summed E-state index contributed by atoms with van der Waals surface area (Å²) in [5, 5.41) is 9.64. The molecule has 0 aliphatic carbocycles. The van der Waals surface area contributed by atoms with E-state index in [2.05, 4.69) is 4.90 Å². The maximum absolute atomic E-state index is 11.7. The molecule has 2 unspecified atom stereocenters. The number of methoxy groups -OCH3 is 3. The number of rotatable bonds is 9. The van der Waals surface area contributed by atoms with E-state index in [0.717, 1.165) is 24.1 Å². The zero-order chi connectivity index (χ0) is 22.4. The van der Waals surface area contributed by atoms with Gasteiger partial charge >= 0.3 is 5.97 Å². The minimum absolute atomic E-state index is 0.225. The number of ether oxygens (including phenoxy) is 4. The largest absolute Gasteiger partial charge is 0.493 e. The van der Waals surface area contributed by atoms with Gasteiger partial charge in [-0.25, -0.2) is 0 Å².